The van der Waals surface area contributed by atoms with Crippen LogP contribution in [0.1, 0.15) is 16.9 Å². The van der Waals surface area contributed by atoms with E-state index < -0.39 is 0 Å². The van der Waals surface area contributed by atoms with E-state index in [0.717, 1.165) is 44.0 Å². The zero-order valence-corrected chi connectivity index (χ0v) is 21.1. The van der Waals surface area contributed by atoms with Crippen molar-refractivity contribution in [3.8, 4) is 23.4 Å². The van der Waals surface area contributed by atoms with E-state index in [-0.39, 0.29) is 23.5 Å². The number of hydrogen-bond acceptors (Lipinski definition) is 11. The Labute approximate surface area is 207 Å². The molecule has 0 spiro atoms. The lowest BCUT2D eigenvalue weighted by Gasteiger charge is -2.27. The molecule has 188 valence electrons. The van der Waals surface area contributed by atoms with Crippen molar-refractivity contribution in [2.24, 2.45) is 0 Å². The molecular weight excluding hydrogens is 474 g/mol. The smallest absolute Gasteiger partial charge is 0.320 e. The Morgan fingerprint density at radius 2 is 1.77 bits per heavy atom. The lowest BCUT2D eigenvalue weighted by Crippen LogP contribution is -2.39. The number of nitrogens with zero attached hydrogens (tertiary/aromatic N) is 5. The number of carbonyl (C=O) groups is 1. The lowest BCUT2D eigenvalue weighted by molar-refractivity contribution is 0.0376. The molecule has 0 radical (unpaired) electrons. The summed E-state index contributed by atoms with van der Waals surface area (Å²) in [5, 5.41) is 0.520. The number of fused-ring (bicyclic) bond motifs is 1. The first-order chi connectivity index (χ1) is 17.1. The van der Waals surface area contributed by atoms with Crippen LogP contribution in [0.2, 0.25) is 0 Å². The van der Waals surface area contributed by atoms with Gasteiger partial charge in [-0.1, -0.05) is 11.3 Å². The summed E-state index contributed by atoms with van der Waals surface area (Å²) in [5.74, 6) is 1.18. The maximum absolute atomic E-state index is 13.7. The van der Waals surface area contributed by atoms with Crippen LogP contribution in [0.25, 0.3) is 10.2 Å². The number of hydrogen-bond donors (Lipinski definition) is 0. The van der Waals surface area contributed by atoms with Crippen molar-refractivity contribution >= 4 is 32.6 Å². The summed E-state index contributed by atoms with van der Waals surface area (Å²) in [6.45, 7) is 4.48. The largest absolute Gasteiger partial charge is 0.495 e. The van der Waals surface area contributed by atoms with Crippen molar-refractivity contribution in [3.63, 3.8) is 0 Å². The molecule has 1 aliphatic rings. The molecular formula is C23H29N5O6S. The molecule has 1 amide bonds. The van der Waals surface area contributed by atoms with Gasteiger partial charge in [-0.15, -0.1) is 0 Å². The minimum absolute atomic E-state index is 0.0496. The number of amides is 1. The van der Waals surface area contributed by atoms with Gasteiger partial charge in [-0.25, -0.2) is 4.98 Å². The predicted molar refractivity (Wildman–Crippen MR) is 131 cm³/mol. The Morgan fingerprint density at radius 1 is 1.03 bits per heavy atom. The third-order valence-corrected chi connectivity index (χ3v) is 6.72. The van der Waals surface area contributed by atoms with Gasteiger partial charge >= 0.3 is 6.01 Å². The SMILES string of the molecule is COc1cc(C(=O)N(CCCN2CCOCC2)c2nc3c(OC)ccc(OC)c3s2)nc(OC)n1. The summed E-state index contributed by atoms with van der Waals surface area (Å²) in [6, 6.07) is 5.17. The quantitative estimate of drug-likeness (QED) is 0.409. The minimum atomic E-state index is -0.331. The molecule has 1 saturated heterocycles. The second-order valence-corrected chi connectivity index (χ2v) is 8.67. The van der Waals surface area contributed by atoms with Crippen LogP contribution in [0, 0.1) is 0 Å². The molecule has 2 aromatic heterocycles. The highest BCUT2D eigenvalue weighted by Gasteiger charge is 2.26. The molecule has 3 aromatic rings. The molecule has 1 aromatic carbocycles. The first-order valence-electron chi connectivity index (χ1n) is 11.2. The van der Waals surface area contributed by atoms with Gasteiger partial charge in [-0.05, 0) is 18.6 Å². The summed E-state index contributed by atoms with van der Waals surface area (Å²) >= 11 is 1.36. The van der Waals surface area contributed by atoms with Crippen LogP contribution in [-0.2, 0) is 4.74 Å². The molecule has 0 saturated carbocycles. The number of thiazole rings is 1. The third kappa shape index (κ3) is 5.55. The molecule has 0 unspecified atom stereocenters. The second-order valence-electron chi connectivity index (χ2n) is 7.69. The molecule has 0 N–H and O–H groups in total. The van der Waals surface area contributed by atoms with Crippen LogP contribution in [-0.4, -0.2) is 93.6 Å². The molecule has 0 aliphatic carbocycles. The summed E-state index contributed by atoms with van der Waals surface area (Å²) in [6.07, 6.45) is 0.745. The summed E-state index contributed by atoms with van der Waals surface area (Å²) in [4.78, 5) is 30.8. The number of rotatable bonds is 10. The normalized spacial score (nSPS) is 14.1. The van der Waals surface area contributed by atoms with Crippen LogP contribution in [0.5, 0.6) is 23.4 Å². The number of aromatic nitrogens is 3. The fourth-order valence-electron chi connectivity index (χ4n) is 3.80. The molecule has 0 bridgehead atoms. The molecule has 4 rings (SSSR count). The molecule has 11 nitrogen and oxygen atoms in total. The number of morpholine rings is 1. The summed E-state index contributed by atoms with van der Waals surface area (Å²) in [5.41, 5.74) is 0.786. The number of benzene rings is 1. The highest BCUT2D eigenvalue weighted by molar-refractivity contribution is 7.22. The van der Waals surface area contributed by atoms with E-state index in [9.17, 15) is 4.79 Å². The maximum Gasteiger partial charge on any atom is 0.320 e. The number of carbonyl (C=O) groups excluding carboxylic acids is 1. The second kappa shape index (κ2) is 11.5. The van der Waals surface area contributed by atoms with Crippen molar-refractivity contribution in [3.05, 3.63) is 23.9 Å². The molecule has 1 fully saturated rings. The van der Waals surface area contributed by atoms with Gasteiger partial charge in [0.25, 0.3) is 5.91 Å². The van der Waals surface area contributed by atoms with Gasteiger partial charge in [0.2, 0.25) is 5.88 Å². The maximum atomic E-state index is 13.7. The first kappa shape index (κ1) is 24.9. The lowest BCUT2D eigenvalue weighted by atomic mass is 10.3. The Kier molecular flexibility index (Phi) is 8.16. The molecule has 0 atom stereocenters. The van der Waals surface area contributed by atoms with Gasteiger partial charge in [0.05, 0.1) is 41.7 Å². The fraction of sp³-hybridized carbons (Fsp3) is 0.478. The molecule has 35 heavy (non-hydrogen) atoms. The number of anilines is 1. The number of methoxy groups -OCH3 is 4. The number of ether oxygens (including phenoxy) is 5. The van der Waals surface area contributed by atoms with E-state index in [1.807, 2.05) is 6.07 Å². The van der Waals surface area contributed by atoms with Crippen LogP contribution >= 0.6 is 11.3 Å². The minimum Gasteiger partial charge on any atom is -0.495 e. The van der Waals surface area contributed by atoms with E-state index in [4.69, 9.17) is 28.7 Å². The average Bonchev–Trinajstić information content (AvgIpc) is 3.35. The first-order valence-corrected chi connectivity index (χ1v) is 12.0. The zero-order chi connectivity index (χ0) is 24.8. The Bertz CT molecular complexity index is 1100. The molecule has 12 heteroatoms. The average molecular weight is 504 g/mol. The van der Waals surface area contributed by atoms with Crippen molar-refractivity contribution in [2.45, 2.75) is 6.42 Å². The van der Waals surface area contributed by atoms with E-state index in [1.165, 1.54) is 31.6 Å². The van der Waals surface area contributed by atoms with E-state index in [1.54, 1.807) is 25.2 Å². The zero-order valence-electron chi connectivity index (χ0n) is 20.3. The van der Waals surface area contributed by atoms with Gasteiger partial charge < -0.3 is 23.7 Å². The monoisotopic (exact) mass is 503 g/mol. The van der Waals surface area contributed by atoms with Crippen LogP contribution in [0.15, 0.2) is 18.2 Å². The van der Waals surface area contributed by atoms with Gasteiger partial charge in [0.15, 0.2) is 5.13 Å². The van der Waals surface area contributed by atoms with Crippen molar-refractivity contribution in [1.29, 1.82) is 0 Å². The van der Waals surface area contributed by atoms with Gasteiger partial charge in [0.1, 0.15) is 27.4 Å². The Balaban J connectivity index is 1.69. The van der Waals surface area contributed by atoms with Crippen molar-refractivity contribution in [1.82, 2.24) is 19.9 Å². The van der Waals surface area contributed by atoms with Gasteiger partial charge in [-0.3, -0.25) is 14.6 Å². The third-order valence-electron chi connectivity index (χ3n) is 5.63. The van der Waals surface area contributed by atoms with E-state index in [0.29, 0.717) is 28.7 Å². The summed E-state index contributed by atoms with van der Waals surface area (Å²) in [7, 11) is 6.10. The van der Waals surface area contributed by atoms with Crippen LogP contribution in [0.3, 0.4) is 0 Å². The van der Waals surface area contributed by atoms with Crippen LogP contribution in [0.4, 0.5) is 5.13 Å². The van der Waals surface area contributed by atoms with Crippen LogP contribution < -0.4 is 23.8 Å². The predicted octanol–water partition coefficient (Wildman–Crippen LogP) is 2.49. The Hall–Kier alpha value is -3.22. The standard InChI is InChI=1S/C23H29N5O6S/c1-30-16-6-7-17(31-2)20-19(16)26-23(35-20)28(9-5-8-27-10-12-34-13-11-27)21(29)15-14-18(32-3)25-22(24-15)33-4/h6-7,14H,5,8-13H2,1-4H3. The molecule has 1 aliphatic heterocycles. The topological polar surface area (TPSA) is 108 Å². The highest BCUT2D eigenvalue weighted by Crippen LogP contribution is 2.40. The highest BCUT2D eigenvalue weighted by atomic mass is 32.1. The molecule has 3 heterocycles. The Morgan fingerprint density at radius 3 is 2.46 bits per heavy atom. The van der Waals surface area contributed by atoms with Crippen molar-refractivity contribution in [2.75, 3.05) is 72.7 Å². The van der Waals surface area contributed by atoms with Gasteiger partial charge in [-0.2, -0.15) is 9.97 Å². The van der Waals surface area contributed by atoms with E-state index >= 15 is 0 Å². The van der Waals surface area contributed by atoms with E-state index in [2.05, 4.69) is 14.9 Å². The summed E-state index contributed by atoms with van der Waals surface area (Å²) < 4.78 is 27.7. The van der Waals surface area contributed by atoms with Crippen molar-refractivity contribution < 1.29 is 28.5 Å². The fourth-order valence-corrected chi connectivity index (χ4v) is 4.90. The van der Waals surface area contributed by atoms with Gasteiger partial charge in [0, 0.05) is 32.2 Å².